The first kappa shape index (κ1) is 12.5. The summed E-state index contributed by atoms with van der Waals surface area (Å²) in [6, 6.07) is 0. The number of imidazole rings is 1. The fourth-order valence-corrected chi connectivity index (χ4v) is 2.88. The molecule has 0 spiro atoms. The summed E-state index contributed by atoms with van der Waals surface area (Å²) < 4.78 is 4.36. The van der Waals surface area contributed by atoms with Crippen LogP contribution in [0.3, 0.4) is 0 Å². The largest absolute Gasteiger partial charge is 0.388 e. The third-order valence-corrected chi connectivity index (χ3v) is 4.05. The molecule has 1 aliphatic carbocycles. The number of hydrogen-bond acceptors (Lipinski definition) is 2. The van der Waals surface area contributed by atoms with E-state index >= 15 is 0 Å². The molecule has 1 N–H and O–H groups in total. The topological polar surface area (TPSA) is 43.0 Å². The summed E-state index contributed by atoms with van der Waals surface area (Å²) in [5, 5.41) is 10.1. The van der Waals surface area contributed by atoms with Crippen molar-refractivity contribution in [1.82, 2.24) is 14.1 Å². The van der Waals surface area contributed by atoms with Crippen LogP contribution in [0.1, 0.15) is 42.3 Å². The Kier molecular flexibility index (Phi) is 3.42. The summed E-state index contributed by atoms with van der Waals surface area (Å²) >= 11 is 0. The number of rotatable bonds is 3. The SMILES string of the molecule is Cc1nccn1CCn1cc2c(c1)C(O)CCCC2. The van der Waals surface area contributed by atoms with Crippen LogP contribution in [0.15, 0.2) is 24.8 Å². The average molecular weight is 259 g/mol. The van der Waals surface area contributed by atoms with Crippen LogP contribution in [0, 0.1) is 6.92 Å². The molecule has 2 aromatic heterocycles. The lowest BCUT2D eigenvalue weighted by molar-refractivity contribution is 0.166. The minimum atomic E-state index is -0.270. The molecule has 0 saturated carbocycles. The van der Waals surface area contributed by atoms with Crippen molar-refractivity contribution in [2.75, 3.05) is 0 Å². The summed E-state index contributed by atoms with van der Waals surface area (Å²) in [5.74, 6) is 1.05. The third-order valence-electron chi connectivity index (χ3n) is 4.05. The zero-order valence-corrected chi connectivity index (χ0v) is 11.4. The van der Waals surface area contributed by atoms with Gasteiger partial charge in [0.2, 0.25) is 0 Å². The number of aliphatic hydroxyl groups is 1. The molecule has 0 radical (unpaired) electrons. The smallest absolute Gasteiger partial charge is 0.105 e. The first-order valence-corrected chi connectivity index (χ1v) is 7.08. The van der Waals surface area contributed by atoms with Crippen molar-refractivity contribution in [1.29, 1.82) is 0 Å². The predicted octanol–water partition coefficient (Wildman–Crippen LogP) is 2.45. The van der Waals surface area contributed by atoms with Gasteiger partial charge in [0.15, 0.2) is 0 Å². The Bertz CT molecular complexity index is 555. The van der Waals surface area contributed by atoms with Gasteiger partial charge in [-0.15, -0.1) is 0 Å². The second kappa shape index (κ2) is 5.21. The molecule has 1 unspecified atom stereocenters. The number of aliphatic hydroxyl groups excluding tert-OH is 1. The molecule has 1 atom stereocenters. The lowest BCUT2D eigenvalue weighted by Gasteiger charge is -2.07. The Hall–Kier alpha value is -1.55. The highest BCUT2D eigenvalue weighted by Crippen LogP contribution is 2.29. The van der Waals surface area contributed by atoms with Crippen LogP contribution < -0.4 is 0 Å². The van der Waals surface area contributed by atoms with Gasteiger partial charge in [0.05, 0.1) is 6.10 Å². The molecule has 19 heavy (non-hydrogen) atoms. The second-order valence-corrected chi connectivity index (χ2v) is 5.41. The maximum absolute atomic E-state index is 10.1. The Balaban J connectivity index is 1.72. The normalized spacial score (nSPS) is 19.2. The van der Waals surface area contributed by atoms with E-state index in [2.05, 4.69) is 26.5 Å². The zero-order chi connectivity index (χ0) is 13.2. The molecule has 4 nitrogen and oxygen atoms in total. The monoisotopic (exact) mass is 259 g/mol. The van der Waals surface area contributed by atoms with Gasteiger partial charge < -0.3 is 14.2 Å². The molecule has 1 aliphatic rings. The minimum Gasteiger partial charge on any atom is -0.388 e. The van der Waals surface area contributed by atoms with Gasteiger partial charge in [0.1, 0.15) is 5.82 Å². The van der Waals surface area contributed by atoms with Crippen LogP contribution in [-0.4, -0.2) is 19.2 Å². The molecule has 4 heteroatoms. The standard InChI is InChI=1S/C15H21N3O/c1-12-16-6-7-18(12)9-8-17-10-13-4-2-3-5-15(19)14(13)11-17/h6-7,10-11,15,19H,2-5,8-9H2,1H3. The van der Waals surface area contributed by atoms with Crippen LogP contribution in [0.25, 0.3) is 0 Å². The number of fused-ring (bicyclic) bond motifs is 1. The molecule has 0 aromatic carbocycles. The van der Waals surface area contributed by atoms with Crippen molar-refractivity contribution in [3.8, 4) is 0 Å². The number of hydrogen-bond donors (Lipinski definition) is 1. The van der Waals surface area contributed by atoms with Crippen LogP contribution in [0.4, 0.5) is 0 Å². The molecule has 0 fully saturated rings. The van der Waals surface area contributed by atoms with Crippen LogP contribution in [0.5, 0.6) is 0 Å². The predicted molar refractivity (Wildman–Crippen MR) is 73.9 cm³/mol. The van der Waals surface area contributed by atoms with E-state index in [1.54, 1.807) is 0 Å². The first-order valence-electron chi connectivity index (χ1n) is 7.08. The van der Waals surface area contributed by atoms with Gasteiger partial charge in [0.25, 0.3) is 0 Å². The number of aromatic nitrogens is 3. The van der Waals surface area contributed by atoms with E-state index in [9.17, 15) is 5.11 Å². The first-order chi connectivity index (χ1) is 9.24. The summed E-state index contributed by atoms with van der Waals surface area (Å²) in [7, 11) is 0. The van der Waals surface area contributed by atoms with Crippen molar-refractivity contribution in [3.05, 3.63) is 41.7 Å². The van der Waals surface area contributed by atoms with Gasteiger partial charge in [-0.3, -0.25) is 0 Å². The van der Waals surface area contributed by atoms with E-state index in [4.69, 9.17) is 0 Å². The fourth-order valence-electron chi connectivity index (χ4n) is 2.88. The van der Waals surface area contributed by atoms with Gasteiger partial charge in [0, 0.05) is 43.4 Å². The van der Waals surface area contributed by atoms with Gasteiger partial charge in [-0.25, -0.2) is 4.98 Å². The van der Waals surface area contributed by atoms with Gasteiger partial charge >= 0.3 is 0 Å². The Morgan fingerprint density at radius 3 is 3.00 bits per heavy atom. The Morgan fingerprint density at radius 2 is 2.21 bits per heavy atom. The van der Waals surface area contributed by atoms with Gasteiger partial charge in [-0.1, -0.05) is 6.42 Å². The van der Waals surface area contributed by atoms with Crippen LogP contribution >= 0.6 is 0 Å². The summed E-state index contributed by atoms with van der Waals surface area (Å²) in [6.07, 6.45) is 12.2. The molecule has 3 rings (SSSR count). The summed E-state index contributed by atoms with van der Waals surface area (Å²) in [4.78, 5) is 4.23. The van der Waals surface area contributed by atoms with Crippen molar-refractivity contribution in [2.45, 2.75) is 51.8 Å². The fraction of sp³-hybridized carbons (Fsp3) is 0.533. The second-order valence-electron chi connectivity index (χ2n) is 5.41. The van der Waals surface area contributed by atoms with E-state index in [1.807, 2.05) is 19.3 Å². The molecule has 0 aliphatic heterocycles. The molecule has 2 heterocycles. The van der Waals surface area contributed by atoms with E-state index in [-0.39, 0.29) is 6.10 Å². The van der Waals surface area contributed by atoms with Crippen LogP contribution in [-0.2, 0) is 19.5 Å². The Morgan fingerprint density at radius 1 is 1.32 bits per heavy atom. The number of nitrogens with zero attached hydrogens (tertiary/aromatic N) is 3. The molecule has 0 saturated heterocycles. The zero-order valence-electron chi connectivity index (χ0n) is 11.4. The third kappa shape index (κ3) is 2.59. The van der Waals surface area contributed by atoms with E-state index in [0.717, 1.165) is 43.7 Å². The summed E-state index contributed by atoms with van der Waals surface area (Å²) in [5.41, 5.74) is 2.47. The van der Waals surface area contributed by atoms with Crippen molar-refractivity contribution in [3.63, 3.8) is 0 Å². The maximum atomic E-state index is 10.1. The van der Waals surface area contributed by atoms with Crippen LogP contribution in [0.2, 0.25) is 0 Å². The Labute approximate surface area is 113 Å². The molecule has 102 valence electrons. The highest BCUT2D eigenvalue weighted by molar-refractivity contribution is 5.27. The van der Waals surface area contributed by atoms with Gasteiger partial charge in [-0.05, 0) is 31.7 Å². The maximum Gasteiger partial charge on any atom is 0.105 e. The highest BCUT2D eigenvalue weighted by Gasteiger charge is 2.18. The summed E-state index contributed by atoms with van der Waals surface area (Å²) in [6.45, 7) is 3.88. The molecule has 0 bridgehead atoms. The molecular formula is C15H21N3O. The quantitative estimate of drug-likeness (QED) is 0.860. The van der Waals surface area contributed by atoms with Gasteiger partial charge in [-0.2, -0.15) is 0 Å². The van der Waals surface area contributed by atoms with Crippen molar-refractivity contribution in [2.24, 2.45) is 0 Å². The lowest BCUT2D eigenvalue weighted by Crippen LogP contribution is -2.06. The number of aryl methyl sites for hydroxylation is 4. The van der Waals surface area contributed by atoms with E-state index in [1.165, 1.54) is 12.0 Å². The van der Waals surface area contributed by atoms with E-state index < -0.39 is 0 Å². The van der Waals surface area contributed by atoms with Crippen molar-refractivity contribution >= 4 is 0 Å². The average Bonchev–Trinajstić information content (AvgIpc) is 2.95. The molecule has 2 aromatic rings. The van der Waals surface area contributed by atoms with Crippen molar-refractivity contribution < 1.29 is 5.11 Å². The molecular weight excluding hydrogens is 238 g/mol. The van der Waals surface area contributed by atoms with E-state index in [0.29, 0.717) is 0 Å². The minimum absolute atomic E-state index is 0.270. The molecule has 0 amide bonds. The lowest BCUT2D eigenvalue weighted by atomic mass is 10.1. The highest BCUT2D eigenvalue weighted by atomic mass is 16.3.